The molecule has 5 rings (SSSR count). The zero-order valence-corrected chi connectivity index (χ0v) is 32.3. The fraction of sp³-hybridized carbons (Fsp3) is 0.364. The highest BCUT2D eigenvalue weighted by atomic mass is 35.5. The minimum absolute atomic E-state index is 0.235. The zero-order valence-electron chi connectivity index (χ0n) is 28.3. The Kier molecular flexibility index (Phi) is 10.4. The number of benzene rings is 2. The van der Waals surface area contributed by atoms with Gasteiger partial charge in [0.25, 0.3) is 0 Å². The van der Waals surface area contributed by atoms with Crippen molar-refractivity contribution in [2.75, 3.05) is 29.5 Å². The van der Waals surface area contributed by atoms with Crippen molar-refractivity contribution in [3.05, 3.63) is 93.7 Å². The maximum absolute atomic E-state index is 11.8. The van der Waals surface area contributed by atoms with Crippen LogP contribution in [0.25, 0.3) is 0 Å². The Bertz CT molecular complexity index is 2480. The van der Waals surface area contributed by atoms with Crippen molar-refractivity contribution in [1.82, 2.24) is 0 Å². The topological polar surface area (TPSA) is 235 Å². The fourth-order valence-corrected chi connectivity index (χ4v) is 9.00. The van der Waals surface area contributed by atoms with Crippen LogP contribution in [0.4, 0.5) is 11.4 Å². The molecule has 0 saturated carbocycles. The molecule has 0 aromatic heterocycles. The number of allylic oxidation sites excluding steroid dienone is 8. The fourth-order valence-electron chi connectivity index (χ4n) is 6.88. The molecule has 0 fully saturated rings. The van der Waals surface area contributed by atoms with E-state index in [0.717, 1.165) is 12.1 Å². The molecule has 3 aliphatic rings. The molecule has 2 aromatic carbocycles. The Hall–Kier alpha value is -3.20. The number of hydrogen-bond donors (Lipinski definition) is 0. The SMILES string of the molecule is CC1(C)C(/C=C/C2=C(Cl)C(=C/C=C3/N(CCS(=O)(=O)[O-])c4ccc(S(=O)(=O)[O-])cc4C3(C)C)/CC2)=[N+](CCS(=O)(=O)[O-])c2ccc(S(=O)(=O)[O-])cc21. The van der Waals surface area contributed by atoms with Crippen LogP contribution in [0.5, 0.6) is 0 Å². The average molecular weight is 814 g/mol. The van der Waals surface area contributed by atoms with Crippen LogP contribution in [0.3, 0.4) is 0 Å². The van der Waals surface area contributed by atoms with E-state index in [9.17, 15) is 51.9 Å². The van der Waals surface area contributed by atoms with Crippen LogP contribution in [-0.2, 0) is 51.3 Å². The summed E-state index contributed by atoms with van der Waals surface area (Å²) in [5.41, 5.74) is 2.35. The Labute approximate surface area is 308 Å². The Morgan fingerprint density at radius 2 is 1.33 bits per heavy atom. The molecule has 1 aliphatic carbocycles. The van der Waals surface area contributed by atoms with Gasteiger partial charge in [-0.25, -0.2) is 33.7 Å². The van der Waals surface area contributed by atoms with Crippen LogP contribution < -0.4 is 4.90 Å². The Morgan fingerprint density at radius 1 is 0.750 bits per heavy atom. The second-order valence-electron chi connectivity index (χ2n) is 13.6. The smallest absolute Gasteiger partial charge is 0.209 e. The van der Waals surface area contributed by atoms with Crippen LogP contribution in [0, 0.1) is 0 Å². The number of rotatable bonds is 11. The summed E-state index contributed by atoms with van der Waals surface area (Å²) in [6, 6.07) is 7.53. The van der Waals surface area contributed by atoms with Crippen LogP contribution >= 0.6 is 11.6 Å². The quantitative estimate of drug-likeness (QED) is 0.234. The third kappa shape index (κ3) is 8.14. The van der Waals surface area contributed by atoms with Crippen LogP contribution in [0.1, 0.15) is 51.7 Å². The molecule has 0 radical (unpaired) electrons. The highest BCUT2D eigenvalue weighted by Gasteiger charge is 2.45. The van der Waals surface area contributed by atoms with Gasteiger partial charge in [0.2, 0.25) is 5.69 Å². The molecule has 52 heavy (non-hydrogen) atoms. The molecule has 0 N–H and O–H groups in total. The summed E-state index contributed by atoms with van der Waals surface area (Å²) in [7, 11) is -18.8. The van der Waals surface area contributed by atoms with Gasteiger partial charge >= 0.3 is 0 Å². The van der Waals surface area contributed by atoms with Crippen molar-refractivity contribution in [2.45, 2.75) is 61.2 Å². The normalized spacial score (nSPS) is 20.5. The summed E-state index contributed by atoms with van der Waals surface area (Å²) in [6.07, 6.45) is 7.82. The molecule has 0 bridgehead atoms. The summed E-state index contributed by atoms with van der Waals surface area (Å²) >= 11 is 6.84. The van der Waals surface area contributed by atoms with Crippen LogP contribution in [0.2, 0.25) is 0 Å². The van der Waals surface area contributed by atoms with Gasteiger partial charge in [0.1, 0.15) is 30.4 Å². The first kappa shape index (κ1) is 40.0. The molecule has 0 saturated heterocycles. The summed E-state index contributed by atoms with van der Waals surface area (Å²) < 4.78 is 142. The first-order valence-corrected chi connectivity index (χ1v) is 22.1. The van der Waals surface area contributed by atoms with Crippen molar-refractivity contribution in [2.24, 2.45) is 0 Å². The molecule has 2 heterocycles. The summed E-state index contributed by atoms with van der Waals surface area (Å²) in [4.78, 5) is 0.681. The van der Waals surface area contributed by atoms with Crippen molar-refractivity contribution < 1.29 is 56.5 Å². The Morgan fingerprint density at radius 3 is 1.90 bits per heavy atom. The Balaban J connectivity index is 1.53. The van der Waals surface area contributed by atoms with E-state index in [0.29, 0.717) is 62.9 Å². The molecule has 0 amide bonds. The van der Waals surface area contributed by atoms with E-state index >= 15 is 0 Å². The van der Waals surface area contributed by atoms with Crippen molar-refractivity contribution >= 4 is 69.2 Å². The molecule has 2 aliphatic heterocycles. The highest BCUT2D eigenvalue weighted by molar-refractivity contribution is 7.86. The van der Waals surface area contributed by atoms with E-state index in [-0.39, 0.29) is 13.1 Å². The second kappa shape index (κ2) is 13.6. The first-order chi connectivity index (χ1) is 23.7. The van der Waals surface area contributed by atoms with Crippen LogP contribution in [0.15, 0.2) is 92.4 Å². The second-order valence-corrected chi connectivity index (χ2v) is 19.8. The number of fused-ring (bicyclic) bond motifs is 2. The molecule has 14 nitrogen and oxygen atoms in total. The van der Waals surface area contributed by atoms with Gasteiger partial charge in [-0.1, -0.05) is 37.6 Å². The van der Waals surface area contributed by atoms with Crippen molar-refractivity contribution in [3.63, 3.8) is 0 Å². The number of halogens is 1. The lowest BCUT2D eigenvalue weighted by atomic mass is 9.81. The lowest BCUT2D eigenvalue weighted by molar-refractivity contribution is -0.432. The van der Waals surface area contributed by atoms with Gasteiger partial charge in [-0.15, -0.1) is 0 Å². The first-order valence-electron chi connectivity index (χ1n) is 15.7. The van der Waals surface area contributed by atoms with E-state index < -0.39 is 72.6 Å². The predicted octanol–water partition coefficient (Wildman–Crippen LogP) is 3.41. The molecule has 0 atom stereocenters. The minimum Gasteiger partial charge on any atom is -0.748 e. The van der Waals surface area contributed by atoms with Gasteiger partial charge in [-0.3, -0.25) is 0 Å². The van der Waals surface area contributed by atoms with Gasteiger partial charge in [0.05, 0.1) is 36.8 Å². The van der Waals surface area contributed by atoms with Crippen molar-refractivity contribution in [3.8, 4) is 0 Å². The van der Waals surface area contributed by atoms with Gasteiger partial charge in [0.15, 0.2) is 12.3 Å². The largest absolute Gasteiger partial charge is 0.748 e. The minimum atomic E-state index is -4.80. The van der Waals surface area contributed by atoms with Crippen molar-refractivity contribution in [1.29, 1.82) is 0 Å². The summed E-state index contributed by atoms with van der Waals surface area (Å²) in [6.45, 7) is 6.59. The molecule has 19 heteroatoms. The lowest BCUT2D eigenvalue weighted by Crippen LogP contribution is -2.30. The summed E-state index contributed by atoms with van der Waals surface area (Å²) in [5, 5.41) is 0.386. The maximum Gasteiger partial charge on any atom is 0.209 e. The molecule has 0 unspecified atom stereocenters. The summed E-state index contributed by atoms with van der Waals surface area (Å²) in [5.74, 6) is -1.48. The number of nitrogens with zero attached hydrogens (tertiary/aromatic N) is 2. The zero-order chi connectivity index (χ0) is 38.8. The average Bonchev–Trinajstić information content (AvgIpc) is 3.54. The predicted molar refractivity (Wildman–Crippen MR) is 189 cm³/mol. The number of anilines is 1. The maximum atomic E-state index is 11.8. The molecule has 282 valence electrons. The van der Waals surface area contributed by atoms with E-state index in [2.05, 4.69) is 0 Å². The van der Waals surface area contributed by atoms with E-state index in [1.165, 1.54) is 24.3 Å². The van der Waals surface area contributed by atoms with Crippen LogP contribution in [-0.4, -0.2) is 86.8 Å². The van der Waals surface area contributed by atoms with Gasteiger partial charge in [-0.2, -0.15) is 4.58 Å². The lowest BCUT2D eigenvalue weighted by Gasteiger charge is -2.27. The third-order valence-electron chi connectivity index (χ3n) is 9.55. The molecule has 2 aromatic rings. The van der Waals surface area contributed by atoms with E-state index in [4.69, 9.17) is 11.6 Å². The van der Waals surface area contributed by atoms with E-state index in [1.54, 1.807) is 61.5 Å². The van der Waals surface area contributed by atoms with Gasteiger partial charge in [0, 0.05) is 46.1 Å². The monoisotopic (exact) mass is 813 g/mol. The van der Waals surface area contributed by atoms with Gasteiger partial charge < -0.3 is 23.1 Å². The standard InChI is InChI=1S/C33H37ClN2O12S4/c1-32(2)25-19-23(51(43,44)45)9-11-27(25)35(15-17-49(37,38)39)29(32)13-7-21-5-6-22(31(21)34)8-14-30-33(3,4)26-20-24(52(46,47)48)10-12-28(26)36(30)16-18-50(40,41)42/h7-14,19-20H,5-6,15-18H2,1-4H3,(H3-,37,38,39,40,41,42,43,44,45,46,47,48)/p-3. The van der Waals surface area contributed by atoms with E-state index in [1.807, 2.05) is 0 Å². The molecular formula is C33H34ClN2O12S4-3. The highest BCUT2D eigenvalue weighted by Crippen LogP contribution is 2.49. The molecular weight excluding hydrogens is 780 g/mol. The third-order valence-corrected chi connectivity index (χ3v) is 13.1. The van der Waals surface area contributed by atoms with Gasteiger partial charge in [-0.05, 0) is 79.8 Å². The number of hydrogen-bond acceptors (Lipinski definition) is 13. The molecule has 0 spiro atoms.